The average molecular weight is 367 g/mol. The summed E-state index contributed by atoms with van der Waals surface area (Å²) in [4.78, 5) is 5.11. The predicted molar refractivity (Wildman–Crippen MR) is 118 cm³/mol. The van der Waals surface area contributed by atoms with Crippen molar-refractivity contribution in [1.82, 2.24) is 4.98 Å². The summed E-state index contributed by atoms with van der Waals surface area (Å²) < 4.78 is 0. The van der Waals surface area contributed by atoms with Crippen LogP contribution in [-0.4, -0.2) is 4.98 Å². The van der Waals surface area contributed by atoms with E-state index in [-0.39, 0.29) is 0 Å². The molecule has 0 atom stereocenters. The summed E-state index contributed by atoms with van der Waals surface area (Å²) in [7, 11) is -0.679. The van der Waals surface area contributed by atoms with Crippen LogP contribution in [-0.2, 0) is 0 Å². The van der Waals surface area contributed by atoms with Crippen LogP contribution >= 0.6 is 7.92 Å². The molecule has 132 valence electrons. The zero-order valence-electron chi connectivity index (χ0n) is 15.6. The van der Waals surface area contributed by atoms with Gasteiger partial charge in [-0.05, 0) is 48.7 Å². The van der Waals surface area contributed by atoms with E-state index in [1.807, 2.05) is 0 Å². The van der Waals surface area contributed by atoms with Gasteiger partial charge in [-0.15, -0.1) is 0 Å². The number of hydrogen-bond acceptors (Lipinski definition) is 1. The van der Waals surface area contributed by atoms with Gasteiger partial charge in [0.25, 0.3) is 0 Å². The Kier molecular flexibility index (Phi) is 5.14. The summed E-state index contributed by atoms with van der Waals surface area (Å²) in [5.74, 6) is 0. The van der Waals surface area contributed by atoms with E-state index >= 15 is 0 Å². The Balaban J connectivity index is 1.84. The van der Waals surface area contributed by atoms with Crippen LogP contribution < -0.4 is 16.0 Å². The molecule has 0 aliphatic carbocycles. The van der Waals surface area contributed by atoms with E-state index in [0.29, 0.717) is 0 Å². The highest BCUT2D eigenvalue weighted by Gasteiger charge is 2.18. The van der Waals surface area contributed by atoms with Crippen molar-refractivity contribution in [1.29, 1.82) is 0 Å². The summed E-state index contributed by atoms with van der Waals surface area (Å²) in [5, 5.41) is 2.65. The van der Waals surface area contributed by atoms with Crippen LogP contribution in [0.5, 0.6) is 0 Å². The van der Waals surface area contributed by atoms with Crippen LogP contribution in [0.15, 0.2) is 97.1 Å². The Hall–Kier alpha value is -2.76. The molecule has 0 unspecified atom stereocenters. The smallest absolute Gasteiger partial charge is 0.0728 e. The predicted octanol–water partition coefficient (Wildman–Crippen LogP) is 5.12. The Labute approximate surface area is 162 Å². The fourth-order valence-electron chi connectivity index (χ4n) is 3.40. The maximum atomic E-state index is 5.11. The van der Waals surface area contributed by atoms with Gasteiger partial charge in [0.2, 0.25) is 0 Å². The van der Waals surface area contributed by atoms with Gasteiger partial charge >= 0.3 is 0 Å². The summed E-state index contributed by atoms with van der Waals surface area (Å²) in [6.07, 6.45) is 0. The molecule has 1 aromatic heterocycles. The Morgan fingerprint density at radius 2 is 1.15 bits per heavy atom. The van der Waals surface area contributed by atoms with Crippen molar-refractivity contribution in [3.8, 4) is 11.3 Å². The highest BCUT2D eigenvalue weighted by atomic mass is 31.1. The molecule has 4 aromatic rings. The molecule has 0 bridgehead atoms. The molecule has 0 fully saturated rings. The standard InChI is InChI=1S/C25H22NP/c1-19-16-20(2)18-21(17-19)24-14-9-15-25(26-24)27(22-10-5-3-6-11-22)23-12-7-4-8-13-23/h3-18H,1-2H3. The zero-order valence-corrected chi connectivity index (χ0v) is 16.5. The first-order valence-electron chi connectivity index (χ1n) is 9.17. The van der Waals surface area contributed by atoms with Crippen molar-refractivity contribution in [2.75, 3.05) is 0 Å². The van der Waals surface area contributed by atoms with Crippen LogP contribution in [0.3, 0.4) is 0 Å². The van der Waals surface area contributed by atoms with Gasteiger partial charge in [-0.3, -0.25) is 0 Å². The van der Waals surface area contributed by atoms with E-state index in [4.69, 9.17) is 4.98 Å². The topological polar surface area (TPSA) is 12.9 Å². The number of nitrogens with zero attached hydrogens (tertiary/aromatic N) is 1. The Morgan fingerprint density at radius 3 is 1.70 bits per heavy atom. The van der Waals surface area contributed by atoms with E-state index in [0.717, 1.165) is 11.1 Å². The Bertz CT molecular complexity index is 982. The van der Waals surface area contributed by atoms with E-state index in [1.54, 1.807) is 0 Å². The summed E-state index contributed by atoms with van der Waals surface area (Å²) >= 11 is 0. The minimum absolute atomic E-state index is 0.679. The quantitative estimate of drug-likeness (QED) is 0.456. The second-order valence-corrected chi connectivity index (χ2v) is 8.93. The second-order valence-electron chi connectivity index (χ2n) is 6.76. The number of aromatic nitrogens is 1. The summed E-state index contributed by atoms with van der Waals surface area (Å²) in [6.45, 7) is 4.28. The summed E-state index contributed by atoms with van der Waals surface area (Å²) in [5.41, 5.74) is 5.90. The van der Waals surface area contributed by atoms with Gasteiger partial charge in [-0.1, -0.05) is 83.9 Å². The van der Waals surface area contributed by atoms with Gasteiger partial charge in [0.05, 0.1) is 11.1 Å². The van der Waals surface area contributed by atoms with Crippen molar-refractivity contribution >= 4 is 24.0 Å². The van der Waals surface area contributed by atoms with E-state index < -0.39 is 7.92 Å². The lowest BCUT2D eigenvalue weighted by molar-refractivity contribution is 1.33. The van der Waals surface area contributed by atoms with Crippen LogP contribution in [0.2, 0.25) is 0 Å². The van der Waals surface area contributed by atoms with Gasteiger partial charge in [0.15, 0.2) is 0 Å². The molecule has 1 heterocycles. The fraction of sp³-hybridized carbons (Fsp3) is 0.0800. The van der Waals surface area contributed by atoms with Crippen molar-refractivity contribution in [3.63, 3.8) is 0 Å². The first-order chi connectivity index (χ1) is 13.2. The Morgan fingerprint density at radius 1 is 0.593 bits per heavy atom. The highest BCUT2D eigenvalue weighted by molar-refractivity contribution is 7.79. The molecule has 0 aliphatic heterocycles. The molecule has 0 spiro atoms. The number of hydrogen-bond donors (Lipinski definition) is 0. The fourth-order valence-corrected chi connectivity index (χ4v) is 5.61. The lowest BCUT2D eigenvalue weighted by Gasteiger charge is -2.19. The molecular formula is C25H22NP. The molecule has 0 aliphatic rings. The van der Waals surface area contributed by atoms with Crippen LogP contribution in [0, 0.1) is 13.8 Å². The SMILES string of the molecule is Cc1cc(C)cc(-c2cccc(P(c3ccccc3)c3ccccc3)n2)c1. The van der Waals surface area contributed by atoms with E-state index in [1.165, 1.54) is 27.3 Å². The van der Waals surface area contributed by atoms with Crippen LogP contribution in [0.25, 0.3) is 11.3 Å². The lowest BCUT2D eigenvalue weighted by atomic mass is 10.0. The molecule has 0 saturated carbocycles. The first kappa shape index (κ1) is 17.6. The highest BCUT2D eigenvalue weighted by Crippen LogP contribution is 2.32. The van der Waals surface area contributed by atoms with E-state index in [2.05, 4.69) is 111 Å². The molecule has 0 radical (unpaired) electrons. The summed E-state index contributed by atoms with van der Waals surface area (Å²) in [6, 6.07) is 34.5. The molecule has 4 rings (SSSR count). The van der Waals surface area contributed by atoms with Gasteiger partial charge in [-0.25, -0.2) is 4.98 Å². The van der Waals surface area contributed by atoms with Crippen molar-refractivity contribution in [2.24, 2.45) is 0 Å². The molecule has 2 heteroatoms. The second kappa shape index (κ2) is 7.86. The van der Waals surface area contributed by atoms with Gasteiger partial charge in [0.1, 0.15) is 0 Å². The molecule has 1 nitrogen and oxygen atoms in total. The third-order valence-electron chi connectivity index (χ3n) is 4.51. The minimum atomic E-state index is -0.679. The van der Waals surface area contributed by atoms with Gasteiger partial charge < -0.3 is 0 Å². The molecule has 27 heavy (non-hydrogen) atoms. The van der Waals surface area contributed by atoms with Gasteiger partial charge in [-0.2, -0.15) is 0 Å². The molecule has 0 N–H and O–H groups in total. The molecular weight excluding hydrogens is 345 g/mol. The third kappa shape index (κ3) is 3.99. The average Bonchev–Trinajstić information content (AvgIpc) is 2.69. The van der Waals surface area contributed by atoms with Crippen molar-refractivity contribution in [3.05, 3.63) is 108 Å². The number of benzene rings is 3. The number of pyridine rings is 1. The molecule has 0 saturated heterocycles. The van der Waals surface area contributed by atoms with Crippen LogP contribution in [0.4, 0.5) is 0 Å². The lowest BCUT2D eigenvalue weighted by Crippen LogP contribution is -2.22. The minimum Gasteiger partial charge on any atom is -0.247 e. The van der Waals surface area contributed by atoms with Crippen molar-refractivity contribution < 1.29 is 0 Å². The zero-order chi connectivity index (χ0) is 18.6. The monoisotopic (exact) mass is 367 g/mol. The maximum absolute atomic E-state index is 5.11. The normalized spacial score (nSPS) is 10.9. The molecule has 3 aromatic carbocycles. The van der Waals surface area contributed by atoms with Gasteiger partial charge in [0, 0.05) is 13.5 Å². The van der Waals surface area contributed by atoms with Crippen molar-refractivity contribution in [2.45, 2.75) is 13.8 Å². The van der Waals surface area contributed by atoms with Crippen LogP contribution in [0.1, 0.15) is 11.1 Å². The maximum Gasteiger partial charge on any atom is 0.0728 e. The number of aryl methyl sites for hydroxylation is 2. The largest absolute Gasteiger partial charge is 0.247 e. The third-order valence-corrected chi connectivity index (χ3v) is 6.85. The molecule has 0 amide bonds. The van der Waals surface area contributed by atoms with E-state index in [9.17, 15) is 0 Å². The number of rotatable bonds is 4. The first-order valence-corrected chi connectivity index (χ1v) is 10.5.